The van der Waals surface area contributed by atoms with Gasteiger partial charge < -0.3 is 15.4 Å². The van der Waals surface area contributed by atoms with Crippen molar-refractivity contribution < 1.29 is 9.72 Å². The van der Waals surface area contributed by atoms with Gasteiger partial charge in [-0.3, -0.25) is 9.48 Å². The Kier molecular flexibility index (Phi) is 6.35. The smallest absolute Gasteiger partial charge is 0.358 e. The first-order valence-electron chi connectivity index (χ1n) is 12.7. The fraction of sp³-hybridized carbons (Fsp3) is 0.500. The van der Waals surface area contributed by atoms with Gasteiger partial charge in [-0.25, -0.2) is 0 Å². The van der Waals surface area contributed by atoms with Gasteiger partial charge in [-0.2, -0.15) is 9.78 Å². The third-order valence-electron chi connectivity index (χ3n) is 8.56. The van der Waals surface area contributed by atoms with Gasteiger partial charge in [0.1, 0.15) is 4.47 Å². The summed E-state index contributed by atoms with van der Waals surface area (Å²) in [7, 11) is 0. The van der Waals surface area contributed by atoms with E-state index in [4.69, 9.17) is 23.2 Å². The van der Waals surface area contributed by atoms with Crippen molar-refractivity contribution in [1.29, 1.82) is 0 Å². The van der Waals surface area contributed by atoms with Gasteiger partial charge in [-0.05, 0) is 101 Å². The maximum Gasteiger partial charge on any atom is 0.404 e. The van der Waals surface area contributed by atoms with Gasteiger partial charge in [0.2, 0.25) is 5.91 Å². The predicted molar refractivity (Wildman–Crippen MR) is 147 cm³/mol. The summed E-state index contributed by atoms with van der Waals surface area (Å²) >= 11 is 15.5. The number of carbonyl (C=O) groups is 1. The summed E-state index contributed by atoms with van der Waals surface area (Å²) in [5, 5.41) is 24.4. The van der Waals surface area contributed by atoms with E-state index in [1.54, 1.807) is 12.3 Å². The lowest BCUT2D eigenvalue weighted by Gasteiger charge is -2.61. The van der Waals surface area contributed by atoms with E-state index in [9.17, 15) is 14.9 Å². The summed E-state index contributed by atoms with van der Waals surface area (Å²) in [4.78, 5) is 24.3. The van der Waals surface area contributed by atoms with Gasteiger partial charge >= 0.3 is 5.82 Å². The number of carbonyl (C=O) groups excluding carboxylic acids is 1. The molecule has 38 heavy (non-hydrogen) atoms. The van der Waals surface area contributed by atoms with Crippen molar-refractivity contribution in [2.24, 2.45) is 17.3 Å². The summed E-state index contributed by atoms with van der Waals surface area (Å²) < 4.78 is 4.06. The number of nitro groups is 1. The molecule has 4 aliphatic rings. The molecule has 0 spiro atoms. The maximum absolute atomic E-state index is 13.3. The van der Waals surface area contributed by atoms with Crippen molar-refractivity contribution in [3.63, 3.8) is 0 Å². The molecule has 12 heteroatoms. The highest BCUT2D eigenvalue weighted by atomic mass is 79.9. The van der Waals surface area contributed by atoms with Gasteiger partial charge in [0.15, 0.2) is 5.82 Å². The van der Waals surface area contributed by atoms with Gasteiger partial charge in [0.25, 0.3) is 0 Å². The van der Waals surface area contributed by atoms with Crippen LogP contribution in [0.5, 0.6) is 0 Å². The normalized spacial score (nSPS) is 27.6. The monoisotopic (exact) mass is 620 g/mol. The third-order valence-corrected chi connectivity index (χ3v) is 9.86. The zero-order chi connectivity index (χ0) is 26.8. The number of aryl methyl sites for hydroxylation is 1. The van der Waals surface area contributed by atoms with E-state index in [2.05, 4.69) is 31.4 Å². The molecule has 1 N–H and O–H groups in total. The Labute approximate surface area is 238 Å². The lowest BCUT2D eigenvalue weighted by Crippen LogP contribution is -2.57. The fourth-order valence-corrected chi connectivity index (χ4v) is 8.40. The molecule has 2 atom stereocenters. The lowest BCUT2D eigenvalue weighted by molar-refractivity contribution is -0.390. The average Bonchev–Trinajstić information content (AvgIpc) is 3.37. The minimum atomic E-state index is -0.451. The Morgan fingerprint density at radius 2 is 1.92 bits per heavy atom. The van der Waals surface area contributed by atoms with E-state index < -0.39 is 4.92 Å². The molecule has 7 rings (SSSR count). The van der Waals surface area contributed by atoms with E-state index in [1.165, 1.54) is 0 Å². The Bertz CT molecular complexity index is 1440. The van der Waals surface area contributed by atoms with Crippen LogP contribution < -0.4 is 5.32 Å². The number of amides is 1. The largest absolute Gasteiger partial charge is 0.404 e. The summed E-state index contributed by atoms with van der Waals surface area (Å²) in [6.07, 6.45) is 8.05. The molecule has 4 saturated carbocycles. The molecule has 9 nitrogen and oxygen atoms in total. The van der Waals surface area contributed by atoms with Gasteiger partial charge in [-0.15, -0.1) is 0 Å². The van der Waals surface area contributed by atoms with Crippen LogP contribution in [0.15, 0.2) is 34.9 Å². The standard InChI is InChI=1S/C26H27BrCl2N6O3/c1-15-4-22(31-33(15)12-16-2-3-20(28)21(29)6-16)30-23(36)11-25-7-17-5-18(8-25)10-26(9-17,14-25)34-13-19(27)24(32-34)35(37)38/h2-4,6,13,17-18H,5,7-12,14H2,1H3,(H,30,31,36). The van der Waals surface area contributed by atoms with Crippen LogP contribution >= 0.6 is 39.1 Å². The number of benzene rings is 1. The Balaban J connectivity index is 1.18. The number of nitrogens with zero attached hydrogens (tertiary/aromatic N) is 5. The molecule has 4 bridgehead atoms. The molecular weight excluding hydrogens is 595 g/mol. The van der Waals surface area contributed by atoms with Crippen LogP contribution in [0.3, 0.4) is 0 Å². The van der Waals surface area contributed by atoms with Gasteiger partial charge in [-0.1, -0.05) is 29.3 Å². The van der Waals surface area contributed by atoms with Crippen LogP contribution in [-0.4, -0.2) is 30.4 Å². The topological polar surface area (TPSA) is 108 Å². The van der Waals surface area contributed by atoms with Crippen LogP contribution in [0.2, 0.25) is 10.0 Å². The predicted octanol–water partition coefficient (Wildman–Crippen LogP) is 6.74. The first-order valence-corrected chi connectivity index (χ1v) is 14.3. The Morgan fingerprint density at radius 1 is 1.18 bits per heavy atom. The summed E-state index contributed by atoms with van der Waals surface area (Å²) in [5.41, 5.74) is 1.47. The van der Waals surface area contributed by atoms with Crippen LogP contribution in [0.25, 0.3) is 0 Å². The maximum atomic E-state index is 13.3. The summed E-state index contributed by atoms with van der Waals surface area (Å²) in [5.74, 6) is 1.32. The number of halogens is 3. The zero-order valence-corrected chi connectivity index (χ0v) is 23.9. The molecule has 1 amide bonds. The second-order valence-corrected chi connectivity index (χ2v) is 13.2. The number of nitrogens with one attached hydrogen (secondary N) is 1. The van der Waals surface area contributed by atoms with E-state index in [0.717, 1.165) is 49.8 Å². The molecular formula is C26H27BrCl2N6O3. The van der Waals surface area contributed by atoms with Gasteiger partial charge in [0, 0.05) is 18.2 Å². The third kappa shape index (κ3) is 4.64. The lowest BCUT2D eigenvalue weighted by atomic mass is 9.46. The van der Waals surface area contributed by atoms with Crippen LogP contribution in [0.4, 0.5) is 11.6 Å². The molecule has 2 unspecified atom stereocenters. The van der Waals surface area contributed by atoms with Crippen LogP contribution in [0.1, 0.15) is 56.2 Å². The van der Waals surface area contributed by atoms with Crippen molar-refractivity contribution in [3.05, 3.63) is 66.4 Å². The summed E-state index contributed by atoms with van der Waals surface area (Å²) in [6.45, 7) is 2.46. The quantitative estimate of drug-likeness (QED) is 0.232. The van der Waals surface area contributed by atoms with E-state index in [0.29, 0.717) is 45.1 Å². The van der Waals surface area contributed by atoms with Crippen molar-refractivity contribution in [2.75, 3.05) is 5.32 Å². The fourth-order valence-electron chi connectivity index (χ4n) is 7.66. The molecule has 3 aromatic rings. The zero-order valence-electron chi connectivity index (χ0n) is 20.8. The van der Waals surface area contributed by atoms with Crippen molar-refractivity contribution >= 4 is 56.7 Å². The number of rotatable bonds is 7. The van der Waals surface area contributed by atoms with Crippen LogP contribution in [0, 0.1) is 34.3 Å². The van der Waals surface area contributed by atoms with E-state index in [1.807, 2.05) is 34.5 Å². The van der Waals surface area contributed by atoms with Gasteiger partial charge in [0.05, 0.1) is 33.4 Å². The number of aromatic nitrogens is 4. The van der Waals surface area contributed by atoms with Crippen LogP contribution in [-0.2, 0) is 16.9 Å². The molecule has 200 valence electrons. The van der Waals surface area contributed by atoms with E-state index in [-0.39, 0.29) is 22.7 Å². The molecule has 4 aliphatic carbocycles. The highest BCUT2D eigenvalue weighted by Gasteiger charge is 2.60. The first-order chi connectivity index (χ1) is 18.0. The summed E-state index contributed by atoms with van der Waals surface area (Å²) in [6, 6.07) is 7.36. The van der Waals surface area contributed by atoms with Crippen molar-refractivity contribution in [1.82, 2.24) is 19.6 Å². The second kappa shape index (κ2) is 9.34. The Morgan fingerprint density at radius 3 is 2.58 bits per heavy atom. The highest BCUT2D eigenvalue weighted by molar-refractivity contribution is 9.10. The Hall–Kier alpha value is -2.43. The minimum absolute atomic E-state index is 0.0473. The van der Waals surface area contributed by atoms with Crippen molar-refractivity contribution in [2.45, 2.75) is 64.0 Å². The second-order valence-electron chi connectivity index (χ2n) is 11.5. The van der Waals surface area contributed by atoms with Crippen molar-refractivity contribution in [3.8, 4) is 0 Å². The number of hydrogen-bond acceptors (Lipinski definition) is 5. The van der Waals surface area contributed by atoms with E-state index >= 15 is 0 Å². The molecule has 0 aliphatic heterocycles. The molecule has 1 aromatic carbocycles. The highest BCUT2D eigenvalue weighted by Crippen LogP contribution is 2.65. The molecule has 4 fully saturated rings. The number of hydrogen-bond donors (Lipinski definition) is 1. The molecule has 2 aromatic heterocycles. The molecule has 2 heterocycles. The minimum Gasteiger partial charge on any atom is -0.358 e. The first kappa shape index (κ1) is 25.8. The molecule has 0 saturated heterocycles. The average molecular weight is 622 g/mol. The number of anilines is 1. The molecule has 0 radical (unpaired) electrons. The SMILES string of the molecule is Cc1cc(NC(=O)CC23CC4CC(C2)CC(n2cc(Br)c([N+](=O)[O-])n2)(C4)C3)nn1Cc1ccc(Cl)c(Cl)c1.